The molecule has 0 spiro atoms. The molecule has 4 rings (SSSR count). The number of hydrogen-bond donors (Lipinski definition) is 1. The predicted molar refractivity (Wildman–Crippen MR) is 123 cm³/mol. The number of urea groups is 1. The molecule has 0 radical (unpaired) electrons. The average molecular weight is 413 g/mol. The van der Waals surface area contributed by atoms with E-state index in [4.69, 9.17) is 0 Å². The standard InChI is InChI=1S/C25H40N4O/c1-3-27-16-18-28(19-17-27)24-7-5-4-6-23(24)26-25(30)29-14-12-22(13-15-29)21-10-8-20(2)9-11-21/h8-11,22-24H,3-7,12-19H2,1-2H3,(H,26,30)/t23-,24?/m0/s1. The minimum Gasteiger partial charge on any atom is -0.334 e. The maximum absolute atomic E-state index is 13.1. The van der Waals surface area contributed by atoms with Crippen molar-refractivity contribution in [2.75, 3.05) is 45.8 Å². The Morgan fingerprint density at radius 2 is 1.60 bits per heavy atom. The van der Waals surface area contributed by atoms with Crippen LogP contribution in [0.1, 0.15) is 62.5 Å². The Bertz CT molecular complexity index is 675. The van der Waals surface area contributed by atoms with Crippen LogP contribution in [0, 0.1) is 6.92 Å². The SMILES string of the molecule is CCN1CCN(C2CCCC[C@@H]2NC(=O)N2CCC(c3ccc(C)cc3)CC2)CC1. The van der Waals surface area contributed by atoms with E-state index in [1.165, 1.54) is 43.5 Å². The summed E-state index contributed by atoms with van der Waals surface area (Å²) in [6.45, 7) is 11.9. The van der Waals surface area contributed by atoms with Gasteiger partial charge in [0.2, 0.25) is 0 Å². The fraction of sp³-hybridized carbons (Fsp3) is 0.720. The summed E-state index contributed by atoms with van der Waals surface area (Å²) >= 11 is 0. The summed E-state index contributed by atoms with van der Waals surface area (Å²) < 4.78 is 0. The molecule has 3 aliphatic rings. The van der Waals surface area contributed by atoms with E-state index in [2.05, 4.69) is 58.1 Å². The minimum atomic E-state index is 0.168. The largest absolute Gasteiger partial charge is 0.334 e. The summed E-state index contributed by atoms with van der Waals surface area (Å²) in [6, 6.07) is 9.94. The van der Waals surface area contributed by atoms with Crippen LogP contribution in [0.5, 0.6) is 0 Å². The zero-order chi connectivity index (χ0) is 20.9. The van der Waals surface area contributed by atoms with Crippen molar-refractivity contribution in [1.82, 2.24) is 20.0 Å². The van der Waals surface area contributed by atoms with Crippen LogP contribution < -0.4 is 5.32 Å². The Morgan fingerprint density at radius 1 is 0.933 bits per heavy atom. The molecule has 1 aliphatic carbocycles. The van der Waals surface area contributed by atoms with E-state index < -0.39 is 0 Å². The molecule has 1 saturated carbocycles. The number of amides is 2. The van der Waals surface area contributed by atoms with Gasteiger partial charge in [-0.1, -0.05) is 49.6 Å². The highest BCUT2D eigenvalue weighted by atomic mass is 16.2. The molecule has 3 fully saturated rings. The first-order valence-electron chi connectivity index (χ1n) is 12.2. The van der Waals surface area contributed by atoms with Crippen LogP contribution in [0.15, 0.2) is 24.3 Å². The van der Waals surface area contributed by atoms with Crippen molar-refractivity contribution < 1.29 is 4.79 Å². The van der Waals surface area contributed by atoms with Crippen molar-refractivity contribution in [3.05, 3.63) is 35.4 Å². The average Bonchev–Trinajstić information content (AvgIpc) is 2.80. The van der Waals surface area contributed by atoms with E-state index in [-0.39, 0.29) is 6.03 Å². The molecular formula is C25H40N4O. The van der Waals surface area contributed by atoms with Crippen molar-refractivity contribution in [3.8, 4) is 0 Å². The molecule has 5 nitrogen and oxygen atoms in total. The van der Waals surface area contributed by atoms with Gasteiger partial charge in [-0.3, -0.25) is 4.90 Å². The van der Waals surface area contributed by atoms with Gasteiger partial charge in [0.05, 0.1) is 0 Å². The molecule has 166 valence electrons. The van der Waals surface area contributed by atoms with Crippen LogP contribution in [0.25, 0.3) is 0 Å². The van der Waals surface area contributed by atoms with Gasteiger partial charge in [0.15, 0.2) is 0 Å². The van der Waals surface area contributed by atoms with E-state index in [9.17, 15) is 4.79 Å². The number of nitrogens with one attached hydrogen (secondary N) is 1. The van der Waals surface area contributed by atoms with Gasteiger partial charge in [-0.2, -0.15) is 0 Å². The van der Waals surface area contributed by atoms with Crippen molar-refractivity contribution in [2.24, 2.45) is 0 Å². The van der Waals surface area contributed by atoms with Gasteiger partial charge in [-0.05, 0) is 50.6 Å². The first-order valence-corrected chi connectivity index (χ1v) is 12.2. The second-order valence-corrected chi connectivity index (χ2v) is 9.55. The van der Waals surface area contributed by atoms with E-state index in [1.807, 2.05) is 0 Å². The lowest BCUT2D eigenvalue weighted by atomic mass is 9.88. The first kappa shape index (κ1) is 21.6. The summed E-state index contributed by atoms with van der Waals surface area (Å²) in [5.41, 5.74) is 2.74. The number of nitrogens with zero attached hydrogens (tertiary/aromatic N) is 3. The normalized spacial score (nSPS) is 27.2. The molecule has 1 N–H and O–H groups in total. The lowest BCUT2D eigenvalue weighted by Gasteiger charge is -2.44. The van der Waals surface area contributed by atoms with Crippen molar-refractivity contribution in [3.63, 3.8) is 0 Å². The number of aryl methyl sites for hydroxylation is 1. The third kappa shape index (κ3) is 5.17. The maximum Gasteiger partial charge on any atom is 0.317 e. The van der Waals surface area contributed by atoms with E-state index in [0.29, 0.717) is 18.0 Å². The van der Waals surface area contributed by atoms with E-state index in [0.717, 1.165) is 52.0 Å². The fourth-order valence-corrected chi connectivity index (χ4v) is 5.63. The van der Waals surface area contributed by atoms with E-state index in [1.54, 1.807) is 0 Å². The Labute approximate surface area is 182 Å². The van der Waals surface area contributed by atoms with Crippen LogP contribution >= 0.6 is 0 Å². The molecule has 1 aromatic carbocycles. The Hall–Kier alpha value is -1.59. The Balaban J connectivity index is 1.29. The van der Waals surface area contributed by atoms with Crippen molar-refractivity contribution >= 4 is 6.03 Å². The highest BCUT2D eigenvalue weighted by Gasteiger charge is 2.34. The number of benzene rings is 1. The monoisotopic (exact) mass is 412 g/mol. The summed E-state index contributed by atoms with van der Waals surface area (Å²) in [6.07, 6.45) is 7.04. The number of piperazine rings is 1. The van der Waals surface area contributed by atoms with E-state index >= 15 is 0 Å². The molecule has 2 atom stereocenters. The number of carbonyl (C=O) groups is 1. The number of carbonyl (C=O) groups excluding carboxylic acids is 1. The van der Waals surface area contributed by atoms with Gasteiger partial charge < -0.3 is 15.1 Å². The van der Waals surface area contributed by atoms with Crippen molar-refractivity contribution in [1.29, 1.82) is 0 Å². The molecule has 1 aromatic rings. The number of likely N-dealkylation sites (N-methyl/N-ethyl adjacent to an activating group) is 1. The Kier molecular flexibility index (Phi) is 7.32. The Morgan fingerprint density at radius 3 is 2.27 bits per heavy atom. The van der Waals surface area contributed by atoms with Crippen LogP contribution in [-0.2, 0) is 0 Å². The summed E-state index contributed by atoms with van der Waals surface area (Å²) in [7, 11) is 0. The molecule has 1 unspecified atom stereocenters. The molecule has 30 heavy (non-hydrogen) atoms. The molecule has 0 aromatic heterocycles. The number of hydrogen-bond acceptors (Lipinski definition) is 3. The molecule has 2 amide bonds. The number of likely N-dealkylation sites (tertiary alicyclic amines) is 1. The third-order valence-electron chi connectivity index (χ3n) is 7.69. The highest BCUT2D eigenvalue weighted by Crippen LogP contribution is 2.29. The molecule has 2 aliphatic heterocycles. The van der Waals surface area contributed by atoms with Crippen molar-refractivity contribution in [2.45, 2.75) is 70.4 Å². The van der Waals surface area contributed by atoms with Gasteiger partial charge in [0.25, 0.3) is 0 Å². The topological polar surface area (TPSA) is 38.8 Å². The van der Waals surface area contributed by atoms with Gasteiger partial charge in [-0.25, -0.2) is 4.79 Å². The second kappa shape index (κ2) is 10.1. The van der Waals surface area contributed by atoms with Crippen LogP contribution in [0.4, 0.5) is 4.79 Å². The maximum atomic E-state index is 13.1. The number of piperidine rings is 1. The lowest BCUT2D eigenvalue weighted by Crippen LogP contribution is -2.59. The second-order valence-electron chi connectivity index (χ2n) is 9.55. The quantitative estimate of drug-likeness (QED) is 0.817. The summed E-state index contributed by atoms with van der Waals surface area (Å²) in [4.78, 5) is 20.3. The van der Waals surface area contributed by atoms with Crippen LogP contribution in [0.3, 0.4) is 0 Å². The third-order valence-corrected chi connectivity index (χ3v) is 7.69. The molecule has 5 heteroatoms. The zero-order valence-electron chi connectivity index (χ0n) is 19.0. The lowest BCUT2D eigenvalue weighted by molar-refractivity contribution is 0.0634. The van der Waals surface area contributed by atoms with Gasteiger partial charge in [0.1, 0.15) is 0 Å². The smallest absolute Gasteiger partial charge is 0.317 e. The minimum absolute atomic E-state index is 0.168. The van der Waals surface area contributed by atoms with Crippen LogP contribution in [0.2, 0.25) is 0 Å². The van der Waals surface area contributed by atoms with Gasteiger partial charge >= 0.3 is 6.03 Å². The number of rotatable bonds is 4. The summed E-state index contributed by atoms with van der Waals surface area (Å²) in [5, 5.41) is 3.45. The summed E-state index contributed by atoms with van der Waals surface area (Å²) in [5.74, 6) is 0.590. The van der Waals surface area contributed by atoms with Crippen LogP contribution in [-0.4, -0.2) is 78.6 Å². The predicted octanol–water partition coefficient (Wildman–Crippen LogP) is 3.83. The molecular weight excluding hydrogens is 372 g/mol. The molecule has 0 bridgehead atoms. The zero-order valence-corrected chi connectivity index (χ0v) is 19.0. The van der Waals surface area contributed by atoms with Gasteiger partial charge in [0, 0.05) is 51.4 Å². The molecule has 2 saturated heterocycles. The molecule has 2 heterocycles. The fourth-order valence-electron chi connectivity index (χ4n) is 5.63. The first-order chi connectivity index (χ1) is 14.6. The highest BCUT2D eigenvalue weighted by molar-refractivity contribution is 5.74. The van der Waals surface area contributed by atoms with Gasteiger partial charge in [-0.15, -0.1) is 0 Å².